The van der Waals surface area contributed by atoms with Crippen molar-refractivity contribution in [3.8, 4) is 0 Å². The molecule has 44 heavy (non-hydrogen) atoms. The first-order valence-corrected chi connectivity index (χ1v) is 16.8. The summed E-state index contributed by atoms with van der Waals surface area (Å²) >= 11 is 2.01. The van der Waals surface area contributed by atoms with Crippen LogP contribution in [0.2, 0.25) is 0 Å². The standard InChI is InChI=1S/C36H41N5O2S/c1-39(19-15-27-25-37-33-13-6-4-9-29(27)33)35(42)31-11-2-3-12-32(31)36(43)41(18-8-17-40-21-23-44-24-22-40)20-16-28-26-38-34-14-7-5-10-30(28)34/h2-7,9-14,25-26,37-38H,8,15-24H2,1H3. The molecular weight excluding hydrogens is 566 g/mol. The molecule has 0 saturated carbocycles. The Morgan fingerprint density at radius 3 is 1.91 bits per heavy atom. The number of amides is 2. The van der Waals surface area contributed by atoms with Crippen LogP contribution in [0.3, 0.4) is 0 Å². The van der Waals surface area contributed by atoms with Crippen LogP contribution in [0, 0.1) is 0 Å². The lowest BCUT2D eigenvalue weighted by Gasteiger charge is -2.28. The molecule has 1 aliphatic heterocycles. The van der Waals surface area contributed by atoms with E-state index in [9.17, 15) is 9.59 Å². The fourth-order valence-electron chi connectivity index (χ4n) is 6.18. The van der Waals surface area contributed by atoms with Crippen LogP contribution in [-0.2, 0) is 12.8 Å². The van der Waals surface area contributed by atoms with E-state index in [1.165, 1.54) is 33.4 Å². The summed E-state index contributed by atoms with van der Waals surface area (Å²) in [6, 6.07) is 23.8. The van der Waals surface area contributed by atoms with Crippen molar-refractivity contribution in [2.75, 3.05) is 57.8 Å². The molecule has 0 atom stereocenters. The number of nitrogens with one attached hydrogen (secondary N) is 2. The van der Waals surface area contributed by atoms with E-state index in [0.717, 1.165) is 49.9 Å². The highest BCUT2D eigenvalue weighted by Crippen LogP contribution is 2.22. The van der Waals surface area contributed by atoms with Crippen molar-refractivity contribution < 1.29 is 9.59 Å². The molecule has 3 aromatic carbocycles. The number of aromatic amines is 2. The van der Waals surface area contributed by atoms with Gasteiger partial charge in [-0.1, -0.05) is 48.5 Å². The number of carbonyl (C=O) groups is 2. The summed E-state index contributed by atoms with van der Waals surface area (Å²) in [5, 5.41) is 2.37. The summed E-state index contributed by atoms with van der Waals surface area (Å²) < 4.78 is 0. The fraction of sp³-hybridized carbons (Fsp3) is 0.333. The lowest BCUT2D eigenvalue weighted by atomic mass is 10.0. The number of thioether (sulfide) groups is 1. The minimum absolute atomic E-state index is 0.0759. The highest BCUT2D eigenvalue weighted by Gasteiger charge is 2.24. The molecule has 2 amide bonds. The van der Waals surface area contributed by atoms with Gasteiger partial charge in [0.2, 0.25) is 0 Å². The average Bonchev–Trinajstić information content (AvgIpc) is 3.69. The van der Waals surface area contributed by atoms with Gasteiger partial charge in [-0.25, -0.2) is 0 Å². The van der Waals surface area contributed by atoms with E-state index in [4.69, 9.17) is 0 Å². The maximum atomic E-state index is 14.2. The average molecular weight is 608 g/mol. The molecule has 0 bridgehead atoms. The highest BCUT2D eigenvalue weighted by molar-refractivity contribution is 7.99. The van der Waals surface area contributed by atoms with Gasteiger partial charge in [-0.15, -0.1) is 0 Å². The Labute approximate surface area is 263 Å². The van der Waals surface area contributed by atoms with Gasteiger partial charge in [-0.2, -0.15) is 11.8 Å². The minimum Gasteiger partial charge on any atom is -0.361 e. The maximum Gasteiger partial charge on any atom is 0.254 e. The van der Waals surface area contributed by atoms with Crippen LogP contribution in [-0.4, -0.2) is 94.3 Å². The van der Waals surface area contributed by atoms with Crippen molar-refractivity contribution in [1.29, 1.82) is 0 Å². The number of H-pyrrole nitrogens is 2. The zero-order chi connectivity index (χ0) is 30.3. The molecule has 7 nitrogen and oxygen atoms in total. The molecule has 228 valence electrons. The van der Waals surface area contributed by atoms with Crippen molar-refractivity contribution in [3.63, 3.8) is 0 Å². The number of likely N-dealkylation sites (N-methyl/N-ethyl adjacent to an activating group) is 1. The van der Waals surface area contributed by atoms with Crippen LogP contribution in [0.15, 0.2) is 85.2 Å². The first-order valence-electron chi connectivity index (χ1n) is 15.6. The first kappa shape index (κ1) is 30.0. The number of para-hydroxylation sites is 2. The van der Waals surface area contributed by atoms with Gasteiger partial charge in [0.1, 0.15) is 0 Å². The van der Waals surface area contributed by atoms with Crippen LogP contribution in [0.25, 0.3) is 21.8 Å². The smallest absolute Gasteiger partial charge is 0.254 e. The van der Waals surface area contributed by atoms with Crippen molar-refractivity contribution in [1.82, 2.24) is 24.7 Å². The third-order valence-electron chi connectivity index (χ3n) is 8.75. The fourth-order valence-corrected chi connectivity index (χ4v) is 7.16. The third kappa shape index (κ3) is 6.87. The lowest BCUT2D eigenvalue weighted by molar-refractivity contribution is 0.0728. The number of carbonyl (C=O) groups excluding carboxylic acids is 2. The minimum atomic E-state index is -0.129. The van der Waals surface area contributed by atoms with Crippen molar-refractivity contribution in [3.05, 3.63) is 107 Å². The van der Waals surface area contributed by atoms with Gasteiger partial charge in [0, 0.05) is 85.5 Å². The molecule has 0 radical (unpaired) electrons. The third-order valence-corrected chi connectivity index (χ3v) is 9.69. The number of hydrogen-bond acceptors (Lipinski definition) is 4. The summed E-state index contributed by atoms with van der Waals surface area (Å²) in [6.07, 6.45) is 6.46. The predicted molar refractivity (Wildman–Crippen MR) is 182 cm³/mol. The number of aromatic nitrogens is 2. The molecule has 2 N–H and O–H groups in total. The summed E-state index contributed by atoms with van der Waals surface area (Å²) in [5.41, 5.74) is 5.52. The van der Waals surface area contributed by atoms with Gasteiger partial charge in [-0.3, -0.25) is 9.59 Å². The second-order valence-corrected chi connectivity index (χ2v) is 12.8. The normalized spacial score (nSPS) is 13.8. The predicted octanol–water partition coefficient (Wildman–Crippen LogP) is 6.09. The molecule has 0 spiro atoms. The molecule has 8 heteroatoms. The van der Waals surface area contributed by atoms with Crippen LogP contribution < -0.4 is 0 Å². The van der Waals surface area contributed by atoms with Gasteiger partial charge < -0.3 is 24.7 Å². The second-order valence-electron chi connectivity index (χ2n) is 11.6. The largest absolute Gasteiger partial charge is 0.361 e. The molecular formula is C36H41N5O2S. The van der Waals surface area contributed by atoms with Gasteiger partial charge in [0.15, 0.2) is 0 Å². The summed E-state index contributed by atoms with van der Waals surface area (Å²) in [4.78, 5) is 40.8. The Hall–Kier alpha value is -4.01. The molecule has 1 fully saturated rings. The van der Waals surface area contributed by atoms with Crippen LogP contribution in [0.1, 0.15) is 38.3 Å². The van der Waals surface area contributed by atoms with Gasteiger partial charge in [0.05, 0.1) is 11.1 Å². The van der Waals surface area contributed by atoms with Gasteiger partial charge in [0.25, 0.3) is 11.8 Å². The lowest BCUT2D eigenvalue weighted by Crippen LogP contribution is -2.39. The van der Waals surface area contributed by atoms with E-state index in [-0.39, 0.29) is 11.8 Å². The van der Waals surface area contributed by atoms with Gasteiger partial charge >= 0.3 is 0 Å². The van der Waals surface area contributed by atoms with Crippen molar-refractivity contribution in [2.24, 2.45) is 0 Å². The Morgan fingerprint density at radius 2 is 1.27 bits per heavy atom. The summed E-state index contributed by atoms with van der Waals surface area (Å²) in [6.45, 7) is 5.00. The number of rotatable bonds is 12. The van der Waals surface area contributed by atoms with E-state index >= 15 is 0 Å². The first-order chi connectivity index (χ1) is 21.6. The summed E-state index contributed by atoms with van der Waals surface area (Å²) in [7, 11) is 1.82. The molecule has 5 aromatic rings. The quantitative estimate of drug-likeness (QED) is 0.180. The van der Waals surface area contributed by atoms with E-state index in [2.05, 4.69) is 51.4 Å². The SMILES string of the molecule is CN(CCc1c[nH]c2ccccc12)C(=O)c1ccccc1C(=O)N(CCCN1CCSCC1)CCc1c[nH]c2ccccc12. The van der Waals surface area contributed by atoms with E-state index < -0.39 is 0 Å². The second kappa shape index (κ2) is 14.2. The Balaban J connectivity index is 1.17. The van der Waals surface area contributed by atoms with Crippen LogP contribution in [0.5, 0.6) is 0 Å². The van der Waals surface area contributed by atoms with Crippen LogP contribution in [0.4, 0.5) is 0 Å². The summed E-state index contributed by atoms with van der Waals surface area (Å²) in [5.74, 6) is 2.14. The van der Waals surface area contributed by atoms with Crippen molar-refractivity contribution >= 4 is 45.4 Å². The number of benzene rings is 3. The van der Waals surface area contributed by atoms with Gasteiger partial charge in [-0.05, 0) is 61.2 Å². The Kier molecular flexibility index (Phi) is 9.68. The molecule has 2 aromatic heterocycles. The molecule has 0 unspecified atom stereocenters. The van der Waals surface area contributed by atoms with Crippen LogP contribution >= 0.6 is 11.8 Å². The molecule has 1 aliphatic rings. The molecule has 1 saturated heterocycles. The Morgan fingerprint density at radius 1 is 0.727 bits per heavy atom. The Bertz CT molecular complexity index is 1720. The van der Waals surface area contributed by atoms with E-state index in [0.29, 0.717) is 30.8 Å². The number of fused-ring (bicyclic) bond motifs is 2. The monoisotopic (exact) mass is 607 g/mol. The van der Waals surface area contributed by atoms with E-state index in [1.807, 2.05) is 66.3 Å². The zero-order valence-electron chi connectivity index (χ0n) is 25.4. The molecule has 3 heterocycles. The number of hydrogen-bond donors (Lipinski definition) is 2. The topological polar surface area (TPSA) is 75.4 Å². The molecule has 0 aliphatic carbocycles. The molecule has 6 rings (SSSR count). The maximum absolute atomic E-state index is 14.2. The number of nitrogens with zero attached hydrogens (tertiary/aromatic N) is 3. The van der Waals surface area contributed by atoms with Crippen molar-refractivity contribution in [2.45, 2.75) is 19.3 Å². The highest BCUT2D eigenvalue weighted by atomic mass is 32.2. The zero-order valence-corrected chi connectivity index (χ0v) is 26.2. The van der Waals surface area contributed by atoms with E-state index in [1.54, 1.807) is 11.0 Å².